The summed E-state index contributed by atoms with van der Waals surface area (Å²) in [4.78, 5) is 32.0. The van der Waals surface area contributed by atoms with E-state index in [2.05, 4.69) is 17.3 Å². The second-order valence-electron chi connectivity index (χ2n) is 11.4. The number of nitrogens with zero attached hydrogens (tertiary/aromatic N) is 3. The summed E-state index contributed by atoms with van der Waals surface area (Å²) in [5.74, 6) is 0.729. The van der Waals surface area contributed by atoms with Gasteiger partial charge in [-0.1, -0.05) is 38.5 Å². The van der Waals surface area contributed by atoms with Gasteiger partial charge in [-0.2, -0.15) is 0 Å². The first-order valence-corrected chi connectivity index (χ1v) is 13.8. The molecule has 3 aliphatic rings. The van der Waals surface area contributed by atoms with E-state index in [4.69, 9.17) is 4.42 Å². The van der Waals surface area contributed by atoms with Gasteiger partial charge in [0.05, 0.1) is 12.1 Å². The minimum Gasteiger partial charge on any atom is -0.460 e. The molecule has 0 bridgehead atoms. The van der Waals surface area contributed by atoms with Crippen molar-refractivity contribution in [3.63, 3.8) is 0 Å². The highest BCUT2D eigenvalue weighted by atomic mass is 16.3. The third-order valence-electron chi connectivity index (χ3n) is 8.76. The van der Waals surface area contributed by atoms with Gasteiger partial charge in [-0.05, 0) is 59.5 Å². The van der Waals surface area contributed by atoms with Gasteiger partial charge in [0.1, 0.15) is 17.0 Å². The van der Waals surface area contributed by atoms with Gasteiger partial charge < -0.3 is 24.1 Å². The maximum atomic E-state index is 13.8. The van der Waals surface area contributed by atoms with Crippen molar-refractivity contribution in [2.75, 3.05) is 20.1 Å². The minimum absolute atomic E-state index is 0.0221. The smallest absolute Gasteiger partial charge is 0.271 e. The van der Waals surface area contributed by atoms with E-state index in [0.29, 0.717) is 24.8 Å². The lowest BCUT2D eigenvalue weighted by Gasteiger charge is -2.45. The van der Waals surface area contributed by atoms with Crippen molar-refractivity contribution in [2.24, 2.45) is 0 Å². The molecule has 0 spiro atoms. The van der Waals surface area contributed by atoms with Crippen LogP contribution < -0.4 is 5.32 Å². The predicted molar refractivity (Wildman–Crippen MR) is 138 cm³/mol. The van der Waals surface area contributed by atoms with Crippen LogP contribution in [0.25, 0.3) is 11.1 Å². The Morgan fingerprint density at radius 1 is 1.11 bits per heavy atom. The molecule has 1 aliphatic heterocycles. The molecule has 7 nitrogen and oxygen atoms in total. The summed E-state index contributed by atoms with van der Waals surface area (Å²) in [6.07, 6.45) is 13.0. The highest BCUT2D eigenvalue weighted by molar-refractivity contribution is 6.03. The standard InChI is InChI=1S/C28H42N4O3/c1-20-17-23-25(35-20)18-24-26(33)32(16-10-15-30(3)22-13-8-5-9-14-22)28(2,19-31(23)24)27(34)29-21-11-6-4-7-12-21/h17-18,21-22H,4-16,19H2,1-3H3,(H,29,34)/t28-/m0/s1. The quantitative estimate of drug-likeness (QED) is 0.612. The van der Waals surface area contributed by atoms with E-state index >= 15 is 0 Å². The van der Waals surface area contributed by atoms with Gasteiger partial charge in [-0.3, -0.25) is 9.59 Å². The highest BCUT2D eigenvalue weighted by Gasteiger charge is 2.48. The zero-order chi connectivity index (χ0) is 24.6. The van der Waals surface area contributed by atoms with Crippen LogP contribution in [0.15, 0.2) is 16.5 Å². The molecule has 0 unspecified atom stereocenters. The molecule has 2 saturated carbocycles. The Hall–Kier alpha value is -2.28. The summed E-state index contributed by atoms with van der Waals surface area (Å²) in [6.45, 7) is 5.85. The van der Waals surface area contributed by atoms with Gasteiger partial charge in [0.2, 0.25) is 5.91 Å². The molecule has 2 aromatic rings. The molecule has 1 atom stereocenters. The van der Waals surface area contributed by atoms with Crippen LogP contribution in [0.3, 0.4) is 0 Å². The number of furan rings is 1. The van der Waals surface area contributed by atoms with Crippen LogP contribution in [0, 0.1) is 6.92 Å². The maximum absolute atomic E-state index is 13.8. The second-order valence-corrected chi connectivity index (χ2v) is 11.4. The summed E-state index contributed by atoms with van der Waals surface area (Å²) in [5, 5.41) is 3.33. The zero-order valence-electron chi connectivity index (χ0n) is 21.8. The van der Waals surface area contributed by atoms with Gasteiger partial charge in [0.25, 0.3) is 5.91 Å². The number of carbonyl (C=O) groups excluding carboxylic acids is 2. The highest BCUT2D eigenvalue weighted by Crippen LogP contribution is 2.34. The van der Waals surface area contributed by atoms with E-state index in [0.717, 1.165) is 55.5 Å². The summed E-state index contributed by atoms with van der Waals surface area (Å²) in [6, 6.07) is 4.68. The first-order valence-electron chi connectivity index (χ1n) is 13.8. The van der Waals surface area contributed by atoms with Crippen molar-refractivity contribution in [1.29, 1.82) is 0 Å². The van der Waals surface area contributed by atoms with Crippen molar-refractivity contribution in [1.82, 2.24) is 19.7 Å². The molecule has 7 heteroatoms. The lowest BCUT2D eigenvalue weighted by atomic mass is 9.91. The van der Waals surface area contributed by atoms with Crippen LogP contribution >= 0.6 is 0 Å². The van der Waals surface area contributed by atoms with Crippen molar-refractivity contribution in [3.8, 4) is 0 Å². The molecule has 2 amide bonds. The molecule has 1 N–H and O–H groups in total. The van der Waals surface area contributed by atoms with Crippen molar-refractivity contribution in [2.45, 2.75) is 109 Å². The normalized spacial score (nSPS) is 24.3. The van der Waals surface area contributed by atoms with Gasteiger partial charge in [-0.15, -0.1) is 0 Å². The van der Waals surface area contributed by atoms with Crippen LogP contribution in [-0.4, -0.2) is 63.9 Å². The van der Waals surface area contributed by atoms with Crippen LogP contribution in [0.1, 0.15) is 93.8 Å². The number of aromatic nitrogens is 1. The van der Waals surface area contributed by atoms with Crippen LogP contribution in [0.2, 0.25) is 0 Å². The van der Waals surface area contributed by atoms with E-state index in [9.17, 15) is 9.59 Å². The summed E-state index contributed by atoms with van der Waals surface area (Å²) < 4.78 is 7.83. The first-order chi connectivity index (χ1) is 16.9. The van der Waals surface area contributed by atoms with Crippen molar-refractivity contribution in [3.05, 3.63) is 23.6 Å². The molecule has 2 fully saturated rings. The average molecular weight is 483 g/mol. The number of hydrogen-bond donors (Lipinski definition) is 1. The molecule has 192 valence electrons. The van der Waals surface area contributed by atoms with Gasteiger partial charge >= 0.3 is 0 Å². The van der Waals surface area contributed by atoms with Crippen molar-refractivity contribution >= 4 is 22.9 Å². The second kappa shape index (κ2) is 10.00. The summed E-state index contributed by atoms with van der Waals surface area (Å²) in [5.41, 5.74) is 1.32. The number of amides is 2. The molecule has 3 heterocycles. The third kappa shape index (κ3) is 4.76. The van der Waals surface area contributed by atoms with Gasteiger partial charge in [0, 0.05) is 30.8 Å². The predicted octanol–water partition coefficient (Wildman–Crippen LogP) is 4.86. The summed E-state index contributed by atoms with van der Waals surface area (Å²) in [7, 11) is 2.21. The molecule has 2 aliphatic carbocycles. The fourth-order valence-corrected chi connectivity index (χ4v) is 6.58. The number of hydrogen-bond acceptors (Lipinski definition) is 4. The molecule has 2 aromatic heterocycles. The molecule has 0 saturated heterocycles. The molecule has 0 aromatic carbocycles. The number of carbonyl (C=O) groups is 2. The van der Waals surface area contributed by atoms with E-state index in [1.54, 1.807) is 0 Å². The van der Waals surface area contributed by atoms with Crippen molar-refractivity contribution < 1.29 is 14.0 Å². The number of fused-ring (bicyclic) bond motifs is 3. The molecular formula is C28H42N4O3. The van der Waals surface area contributed by atoms with E-state index in [1.165, 1.54) is 38.5 Å². The van der Waals surface area contributed by atoms with Crippen LogP contribution in [0.4, 0.5) is 0 Å². The summed E-state index contributed by atoms with van der Waals surface area (Å²) >= 11 is 0. The lowest BCUT2D eigenvalue weighted by Crippen LogP contribution is -2.65. The molecular weight excluding hydrogens is 440 g/mol. The Morgan fingerprint density at radius 2 is 1.80 bits per heavy atom. The number of aryl methyl sites for hydroxylation is 1. The Kier molecular flexibility index (Phi) is 6.97. The Bertz CT molecular complexity index is 1060. The van der Waals surface area contributed by atoms with E-state index in [1.807, 2.05) is 35.4 Å². The average Bonchev–Trinajstić information content (AvgIpc) is 3.38. The monoisotopic (exact) mass is 482 g/mol. The Morgan fingerprint density at radius 3 is 2.51 bits per heavy atom. The van der Waals surface area contributed by atoms with E-state index in [-0.39, 0.29) is 17.9 Å². The maximum Gasteiger partial charge on any atom is 0.271 e. The van der Waals surface area contributed by atoms with Crippen LogP contribution in [-0.2, 0) is 11.3 Å². The van der Waals surface area contributed by atoms with Gasteiger partial charge in [-0.25, -0.2) is 0 Å². The topological polar surface area (TPSA) is 70.7 Å². The zero-order valence-corrected chi connectivity index (χ0v) is 21.8. The van der Waals surface area contributed by atoms with E-state index < -0.39 is 5.54 Å². The first kappa shape index (κ1) is 24.4. The fourth-order valence-electron chi connectivity index (χ4n) is 6.58. The SMILES string of the molecule is Cc1cc2c(cc3n2C[C@@](C)(C(=O)NC2CCCCC2)N(CCCN(C)C2CCCCC2)C3=O)o1. The minimum atomic E-state index is -0.929. The van der Waals surface area contributed by atoms with Crippen LogP contribution in [0.5, 0.6) is 0 Å². The Balaban J connectivity index is 1.37. The number of rotatable bonds is 7. The number of nitrogens with one attached hydrogen (secondary N) is 1. The Labute approximate surface area is 209 Å². The fraction of sp³-hybridized carbons (Fsp3) is 0.714. The molecule has 35 heavy (non-hydrogen) atoms. The largest absolute Gasteiger partial charge is 0.460 e. The third-order valence-corrected chi connectivity index (χ3v) is 8.76. The molecule has 0 radical (unpaired) electrons. The van der Waals surface area contributed by atoms with Gasteiger partial charge in [0.15, 0.2) is 5.58 Å². The lowest BCUT2D eigenvalue weighted by molar-refractivity contribution is -0.133. The molecule has 5 rings (SSSR count).